The zero-order valence-electron chi connectivity index (χ0n) is 12.7. The van der Waals surface area contributed by atoms with E-state index in [4.69, 9.17) is 16.7 Å². The SMILES string of the molecule is NS(=O)(=O)c1ccc(-c2cc(F)c(F)cc2-c2cccc(Cl)c2)cc1. The van der Waals surface area contributed by atoms with Crippen LogP contribution in [0, 0.1) is 11.6 Å². The van der Waals surface area contributed by atoms with Gasteiger partial charge in [-0.1, -0.05) is 35.9 Å². The molecule has 0 aliphatic carbocycles. The molecule has 0 unspecified atom stereocenters. The van der Waals surface area contributed by atoms with Gasteiger partial charge in [0.1, 0.15) is 0 Å². The summed E-state index contributed by atoms with van der Waals surface area (Å²) in [5.74, 6) is -1.99. The number of halogens is 3. The molecule has 0 saturated carbocycles. The molecule has 0 atom stereocenters. The summed E-state index contributed by atoms with van der Waals surface area (Å²) in [5.41, 5.74) is 1.96. The fourth-order valence-corrected chi connectivity index (χ4v) is 3.21. The second-order valence-electron chi connectivity index (χ2n) is 5.39. The second-order valence-corrected chi connectivity index (χ2v) is 7.39. The molecule has 0 bridgehead atoms. The van der Waals surface area contributed by atoms with Gasteiger partial charge in [-0.15, -0.1) is 0 Å². The van der Waals surface area contributed by atoms with E-state index in [9.17, 15) is 17.2 Å². The Morgan fingerprint density at radius 3 is 1.88 bits per heavy atom. The third-order valence-corrected chi connectivity index (χ3v) is 4.85. The smallest absolute Gasteiger partial charge is 0.225 e. The zero-order valence-corrected chi connectivity index (χ0v) is 14.3. The van der Waals surface area contributed by atoms with Gasteiger partial charge in [-0.3, -0.25) is 0 Å². The van der Waals surface area contributed by atoms with Crippen LogP contribution < -0.4 is 5.14 Å². The molecule has 7 heteroatoms. The molecule has 0 aromatic heterocycles. The summed E-state index contributed by atoms with van der Waals surface area (Å²) in [6.45, 7) is 0. The van der Waals surface area contributed by atoms with E-state index >= 15 is 0 Å². The maximum absolute atomic E-state index is 13.8. The number of hydrogen-bond acceptors (Lipinski definition) is 2. The van der Waals surface area contributed by atoms with Gasteiger partial charge < -0.3 is 0 Å². The van der Waals surface area contributed by atoms with Crippen molar-refractivity contribution in [2.75, 3.05) is 0 Å². The van der Waals surface area contributed by atoms with Gasteiger partial charge in [-0.05, 0) is 58.7 Å². The molecule has 0 fully saturated rings. The first kappa shape index (κ1) is 17.5. The fraction of sp³-hybridized carbons (Fsp3) is 0. The van der Waals surface area contributed by atoms with Gasteiger partial charge in [0.25, 0.3) is 0 Å². The molecule has 3 aromatic rings. The molecule has 25 heavy (non-hydrogen) atoms. The van der Waals surface area contributed by atoms with E-state index in [1.165, 1.54) is 24.3 Å². The molecule has 3 rings (SSSR count). The topological polar surface area (TPSA) is 60.2 Å². The summed E-state index contributed by atoms with van der Waals surface area (Å²) >= 11 is 5.99. The Kier molecular flexibility index (Phi) is 4.60. The molecule has 2 N–H and O–H groups in total. The zero-order chi connectivity index (χ0) is 18.2. The Bertz CT molecular complexity index is 1050. The molecule has 3 nitrogen and oxygen atoms in total. The van der Waals surface area contributed by atoms with Gasteiger partial charge in [0, 0.05) is 5.02 Å². The summed E-state index contributed by atoms with van der Waals surface area (Å²) in [6, 6.07) is 14.5. The minimum Gasteiger partial charge on any atom is -0.225 e. The number of hydrogen-bond donors (Lipinski definition) is 1. The largest absolute Gasteiger partial charge is 0.238 e. The van der Waals surface area contributed by atoms with Crippen LogP contribution in [0.3, 0.4) is 0 Å². The van der Waals surface area contributed by atoms with Gasteiger partial charge >= 0.3 is 0 Å². The van der Waals surface area contributed by atoms with E-state index in [2.05, 4.69) is 0 Å². The van der Waals surface area contributed by atoms with Gasteiger partial charge in [-0.2, -0.15) is 0 Å². The van der Waals surface area contributed by atoms with Crippen molar-refractivity contribution in [3.63, 3.8) is 0 Å². The first-order valence-corrected chi connectivity index (χ1v) is 9.06. The average Bonchev–Trinajstić information content (AvgIpc) is 2.56. The summed E-state index contributed by atoms with van der Waals surface area (Å²) < 4.78 is 50.3. The molecule has 0 heterocycles. The van der Waals surface area contributed by atoms with Gasteiger partial charge in [-0.25, -0.2) is 22.3 Å². The van der Waals surface area contributed by atoms with Crippen LogP contribution in [0.15, 0.2) is 65.6 Å². The highest BCUT2D eigenvalue weighted by Crippen LogP contribution is 2.35. The number of sulfonamides is 1. The van der Waals surface area contributed by atoms with Crippen molar-refractivity contribution >= 4 is 21.6 Å². The minimum atomic E-state index is -3.84. The summed E-state index contributed by atoms with van der Waals surface area (Å²) in [7, 11) is -3.84. The molecule has 128 valence electrons. The molecular weight excluding hydrogens is 368 g/mol. The predicted octanol–water partition coefficient (Wildman–Crippen LogP) is 4.60. The monoisotopic (exact) mass is 379 g/mol. The lowest BCUT2D eigenvalue weighted by Crippen LogP contribution is -2.11. The van der Waals surface area contributed by atoms with Crippen LogP contribution in [0.4, 0.5) is 8.78 Å². The van der Waals surface area contributed by atoms with E-state index in [0.717, 1.165) is 12.1 Å². The Morgan fingerprint density at radius 1 is 0.800 bits per heavy atom. The van der Waals surface area contributed by atoms with Crippen molar-refractivity contribution < 1.29 is 17.2 Å². The van der Waals surface area contributed by atoms with Crippen LogP contribution in [-0.2, 0) is 10.0 Å². The highest BCUT2D eigenvalue weighted by atomic mass is 35.5. The van der Waals surface area contributed by atoms with E-state index in [-0.39, 0.29) is 4.90 Å². The molecule has 0 amide bonds. The lowest BCUT2D eigenvalue weighted by atomic mass is 9.94. The number of benzene rings is 3. The van der Waals surface area contributed by atoms with Gasteiger partial charge in [0.15, 0.2) is 11.6 Å². The summed E-state index contributed by atoms with van der Waals surface area (Å²) in [6.07, 6.45) is 0. The van der Waals surface area contributed by atoms with Crippen LogP contribution in [-0.4, -0.2) is 8.42 Å². The Labute approximate surface area is 148 Å². The first-order valence-electron chi connectivity index (χ1n) is 7.14. The second kappa shape index (κ2) is 6.55. The molecule has 0 saturated heterocycles. The highest BCUT2D eigenvalue weighted by Gasteiger charge is 2.15. The van der Waals surface area contributed by atoms with Crippen LogP contribution in [0.2, 0.25) is 5.02 Å². The molecular formula is C18H12ClF2NO2S. The summed E-state index contributed by atoms with van der Waals surface area (Å²) in [5, 5.41) is 5.53. The fourth-order valence-electron chi connectivity index (χ4n) is 2.50. The molecule has 0 aliphatic heterocycles. The van der Waals surface area contributed by atoms with E-state index in [1.54, 1.807) is 24.3 Å². The standard InChI is InChI=1S/C18H12ClF2NO2S/c19-13-3-1-2-12(8-13)16-10-18(21)17(20)9-15(16)11-4-6-14(7-5-11)25(22,23)24/h1-10H,(H2,22,23,24). The number of primary sulfonamides is 1. The maximum atomic E-state index is 13.8. The van der Waals surface area contributed by atoms with Crippen LogP contribution in [0.25, 0.3) is 22.3 Å². The highest BCUT2D eigenvalue weighted by molar-refractivity contribution is 7.89. The lowest BCUT2D eigenvalue weighted by molar-refractivity contribution is 0.509. The van der Waals surface area contributed by atoms with Crippen molar-refractivity contribution in [1.82, 2.24) is 0 Å². The van der Waals surface area contributed by atoms with Crippen LogP contribution in [0.1, 0.15) is 0 Å². The van der Waals surface area contributed by atoms with Gasteiger partial charge in [0.05, 0.1) is 4.90 Å². The summed E-state index contributed by atoms with van der Waals surface area (Å²) in [4.78, 5) is -0.0665. The molecule has 3 aromatic carbocycles. The first-order chi connectivity index (χ1) is 11.8. The minimum absolute atomic E-state index is 0.0665. The Morgan fingerprint density at radius 2 is 1.36 bits per heavy atom. The predicted molar refractivity (Wildman–Crippen MR) is 93.6 cm³/mol. The Balaban J connectivity index is 2.20. The van der Waals surface area contributed by atoms with Crippen molar-refractivity contribution in [1.29, 1.82) is 0 Å². The molecule has 0 radical (unpaired) electrons. The number of rotatable bonds is 3. The molecule has 0 aliphatic rings. The lowest BCUT2D eigenvalue weighted by Gasteiger charge is -2.12. The van der Waals surface area contributed by atoms with Crippen LogP contribution >= 0.6 is 11.6 Å². The van der Waals surface area contributed by atoms with Crippen molar-refractivity contribution in [2.24, 2.45) is 5.14 Å². The quantitative estimate of drug-likeness (QED) is 0.723. The number of nitrogens with two attached hydrogens (primary N) is 1. The van der Waals surface area contributed by atoms with E-state index < -0.39 is 21.7 Å². The van der Waals surface area contributed by atoms with Gasteiger partial charge in [0.2, 0.25) is 10.0 Å². The van der Waals surface area contributed by atoms with Crippen molar-refractivity contribution in [2.45, 2.75) is 4.90 Å². The normalized spacial score (nSPS) is 11.5. The average molecular weight is 380 g/mol. The Hall–Kier alpha value is -2.28. The van der Waals surface area contributed by atoms with Crippen molar-refractivity contribution in [3.05, 3.63) is 77.3 Å². The van der Waals surface area contributed by atoms with E-state index in [1.807, 2.05) is 0 Å². The van der Waals surface area contributed by atoms with Crippen molar-refractivity contribution in [3.8, 4) is 22.3 Å². The van der Waals surface area contributed by atoms with E-state index in [0.29, 0.717) is 27.3 Å². The maximum Gasteiger partial charge on any atom is 0.238 e. The molecule has 0 spiro atoms. The third kappa shape index (κ3) is 3.71. The van der Waals surface area contributed by atoms with Crippen LogP contribution in [0.5, 0.6) is 0 Å². The third-order valence-electron chi connectivity index (χ3n) is 3.69.